The minimum absolute atomic E-state index is 0.0145. The van der Waals surface area contributed by atoms with Crippen molar-refractivity contribution in [2.24, 2.45) is 5.92 Å². The average Bonchev–Trinajstić information content (AvgIpc) is 3.33. The highest BCUT2D eigenvalue weighted by Gasteiger charge is 2.57. The molecule has 4 aliphatic heterocycles. The number of likely N-dealkylation sites (tertiary alicyclic amines) is 1. The number of aromatic nitrogens is 1. The Morgan fingerprint density at radius 1 is 1.09 bits per heavy atom. The molecule has 8 nitrogen and oxygen atoms in total. The van der Waals surface area contributed by atoms with Crippen LogP contribution < -0.4 is 10.6 Å². The predicted octanol–water partition coefficient (Wildman–Crippen LogP) is 5.70. The van der Waals surface area contributed by atoms with E-state index < -0.39 is 54.1 Å². The lowest BCUT2D eigenvalue weighted by molar-refractivity contribution is -0.144. The number of hydrogen-bond donors (Lipinski definition) is 2. The topological polar surface area (TPSA) is 80.8 Å². The number of carbonyl (C=O) groups is 2. The second kappa shape index (κ2) is 11.6. The monoisotopic (exact) mass is 694 g/mol. The molecule has 1 aromatic carbocycles. The van der Waals surface area contributed by atoms with Crippen molar-refractivity contribution in [3.05, 3.63) is 74.3 Å². The van der Waals surface area contributed by atoms with Gasteiger partial charge in [-0.3, -0.25) is 14.9 Å². The summed E-state index contributed by atoms with van der Waals surface area (Å²) < 4.78 is 45.1. The Labute approximate surface area is 280 Å². The molecule has 14 heteroatoms. The Kier molecular flexibility index (Phi) is 8.07. The summed E-state index contributed by atoms with van der Waals surface area (Å²) >= 11 is 13.4. The van der Waals surface area contributed by atoms with Gasteiger partial charge in [-0.15, -0.1) is 0 Å². The molecule has 5 unspecified atom stereocenters. The van der Waals surface area contributed by atoms with Gasteiger partial charge >= 0.3 is 0 Å². The van der Waals surface area contributed by atoms with Gasteiger partial charge in [-0.1, -0.05) is 60.9 Å². The van der Waals surface area contributed by atoms with Crippen molar-refractivity contribution in [3.63, 3.8) is 0 Å². The van der Waals surface area contributed by atoms with E-state index in [2.05, 4.69) is 15.6 Å². The number of thioether (sulfide) groups is 1. The first-order valence-electron chi connectivity index (χ1n) is 15.5. The number of benzene rings is 1. The number of fused-ring (bicyclic) bond motifs is 1. The van der Waals surface area contributed by atoms with Crippen molar-refractivity contribution >= 4 is 46.8 Å². The lowest BCUT2D eigenvalue weighted by Gasteiger charge is -2.41. The highest BCUT2D eigenvalue weighted by Crippen LogP contribution is 2.54. The van der Waals surface area contributed by atoms with E-state index >= 15 is 8.78 Å². The summed E-state index contributed by atoms with van der Waals surface area (Å²) in [5.41, 5.74) is 1.45. The number of rotatable bonds is 5. The molecule has 3 saturated heterocycles. The summed E-state index contributed by atoms with van der Waals surface area (Å²) in [6.07, 6.45) is 2.82. The number of hydrogen-bond acceptors (Lipinski definition) is 7. The van der Waals surface area contributed by atoms with Crippen LogP contribution in [0.5, 0.6) is 0 Å². The molecule has 0 bridgehead atoms. The Morgan fingerprint density at radius 2 is 1.83 bits per heavy atom. The van der Waals surface area contributed by atoms with Gasteiger partial charge in [0.15, 0.2) is 0 Å². The Morgan fingerprint density at radius 3 is 2.48 bits per heavy atom. The van der Waals surface area contributed by atoms with Crippen molar-refractivity contribution in [3.8, 4) is 0 Å². The lowest BCUT2D eigenvalue weighted by Crippen LogP contribution is -2.61. The SMILES string of the molecule is CC(C)C1=C(C(=O)N2CC(F)(F)CC2C(=O)N2CC3(CC3)NCC2C)SC2NC(c3ccc(Cl)nc3)C(c3ccc(Cl)c(F)c3)N12. The van der Waals surface area contributed by atoms with E-state index in [9.17, 15) is 14.0 Å². The first-order valence-corrected chi connectivity index (χ1v) is 17.2. The molecule has 2 N–H and O–H groups in total. The molecule has 5 atom stereocenters. The fraction of sp³-hybridized carbons (Fsp3) is 0.531. The minimum atomic E-state index is -3.20. The maximum atomic E-state index is 15.1. The van der Waals surface area contributed by atoms with Gasteiger partial charge in [-0.05, 0) is 55.0 Å². The van der Waals surface area contributed by atoms with E-state index in [0.29, 0.717) is 34.4 Å². The van der Waals surface area contributed by atoms with E-state index in [4.69, 9.17) is 23.2 Å². The van der Waals surface area contributed by atoms with Crippen LogP contribution in [-0.4, -0.2) is 80.2 Å². The van der Waals surface area contributed by atoms with E-state index in [1.807, 2.05) is 31.7 Å². The van der Waals surface area contributed by atoms with E-state index in [1.165, 1.54) is 23.9 Å². The summed E-state index contributed by atoms with van der Waals surface area (Å²) in [4.78, 5) is 37.7. The number of halogens is 5. The zero-order chi connectivity index (χ0) is 32.7. The second-order valence-corrected chi connectivity index (χ2v) is 15.3. The zero-order valence-corrected chi connectivity index (χ0v) is 27.9. The van der Waals surface area contributed by atoms with Gasteiger partial charge in [-0.2, -0.15) is 0 Å². The van der Waals surface area contributed by atoms with Crippen molar-refractivity contribution in [2.75, 3.05) is 19.6 Å². The van der Waals surface area contributed by atoms with Crippen LogP contribution in [0.15, 0.2) is 47.1 Å². The summed E-state index contributed by atoms with van der Waals surface area (Å²) in [6, 6.07) is 5.83. The van der Waals surface area contributed by atoms with E-state index in [-0.39, 0.29) is 28.6 Å². The van der Waals surface area contributed by atoms with Gasteiger partial charge in [0.25, 0.3) is 11.8 Å². The Hall–Kier alpha value is -2.51. The fourth-order valence-corrected chi connectivity index (χ4v) is 8.98. The molecule has 5 heterocycles. The number of nitrogens with zero attached hydrogens (tertiary/aromatic N) is 4. The van der Waals surface area contributed by atoms with Crippen LogP contribution >= 0.6 is 35.0 Å². The van der Waals surface area contributed by atoms with Crippen LogP contribution in [-0.2, 0) is 9.59 Å². The third kappa shape index (κ3) is 5.57. The maximum absolute atomic E-state index is 15.1. The van der Waals surface area contributed by atoms with Gasteiger partial charge < -0.3 is 20.0 Å². The number of alkyl halides is 2. The van der Waals surface area contributed by atoms with Crippen LogP contribution in [0.3, 0.4) is 0 Å². The number of piperazine rings is 1. The maximum Gasteiger partial charge on any atom is 0.267 e. The van der Waals surface area contributed by atoms with Gasteiger partial charge in [0.05, 0.1) is 28.6 Å². The second-order valence-electron chi connectivity index (χ2n) is 13.4. The molecule has 0 radical (unpaired) electrons. The van der Waals surface area contributed by atoms with Gasteiger partial charge in [0.2, 0.25) is 5.91 Å². The van der Waals surface area contributed by atoms with Crippen LogP contribution in [0.4, 0.5) is 13.2 Å². The number of allylic oxidation sites excluding steroid dienone is 1. The van der Waals surface area contributed by atoms with Gasteiger partial charge in [0, 0.05) is 43.0 Å². The standard InChI is InChI=1S/C32H35Cl2F3N6O2S/c1-16(2)25-27(29(45)42-15-32(36,37)11-22(42)28(44)41-14-31(8-9-31)39-12-17(41)3)46-30-40-24(19-5-7-23(34)38-13-19)26(43(25)30)18-4-6-20(33)21(35)10-18/h4-7,10,13,16-17,22,24,26,30,39-40H,8-9,11-12,14-15H2,1-3H3. The summed E-state index contributed by atoms with van der Waals surface area (Å²) in [5.74, 6) is -5.00. The molecule has 1 saturated carbocycles. The van der Waals surface area contributed by atoms with Crippen molar-refractivity contribution < 1.29 is 22.8 Å². The molecule has 2 amide bonds. The Balaban J connectivity index is 1.25. The molecule has 1 aliphatic carbocycles. The smallest absolute Gasteiger partial charge is 0.267 e. The van der Waals surface area contributed by atoms with Crippen LogP contribution in [0.25, 0.3) is 0 Å². The first-order chi connectivity index (χ1) is 21.8. The first kappa shape index (κ1) is 32.1. The molecule has 1 aromatic heterocycles. The van der Waals surface area contributed by atoms with Crippen LogP contribution in [0, 0.1) is 11.7 Å². The van der Waals surface area contributed by atoms with Gasteiger partial charge in [-0.25, -0.2) is 18.2 Å². The van der Waals surface area contributed by atoms with Crippen molar-refractivity contribution in [1.29, 1.82) is 0 Å². The van der Waals surface area contributed by atoms with E-state index in [0.717, 1.165) is 23.3 Å². The number of amides is 2. The lowest BCUT2D eigenvalue weighted by atomic mass is 9.93. The minimum Gasteiger partial charge on any atom is -0.340 e. The van der Waals surface area contributed by atoms with Crippen LogP contribution in [0.1, 0.15) is 63.2 Å². The van der Waals surface area contributed by atoms with Crippen molar-refractivity contribution in [2.45, 2.75) is 81.2 Å². The quantitative estimate of drug-likeness (QED) is 0.389. The molecule has 1 spiro atoms. The molecule has 46 heavy (non-hydrogen) atoms. The number of pyridine rings is 1. The third-order valence-electron chi connectivity index (χ3n) is 9.80. The van der Waals surface area contributed by atoms with Gasteiger partial charge in [0.1, 0.15) is 22.5 Å². The normalized spacial score (nSPS) is 29.7. The van der Waals surface area contributed by atoms with E-state index in [1.54, 1.807) is 23.2 Å². The molecular weight excluding hydrogens is 660 g/mol. The summed E-state index contributed by atoms with van der Waals surface area (Å²) in [5, 5.41) is 7.36. The highest BCUT2D eigenvalue weighted by molar-refractivity contribution is 8.04. The fourth-order valence-electron chi connectivity index (χ4n) is 7.27. The predicted molar refractivity (Wildman–Crippen MR) is 171 cm³/mol. The van der Waals surface area contributed by atoms with Crippen molar-refractivity contribution in [1.82, 2.24) is 30.3 Å². The highest BCUT2D eigenvalue weighted by atomic mass is 35.5. The summed E-state index contributed by atoms with van der Waals surface area (Å²) in [6.45, 7) is 5.97. The Bertz CT molecular complexity index is 1610. The summed E-state index contributed by atoms with van der Waals surface area (Å²) in [7, 11) is 0. The molecular formula is C32H35Cl2F3N6O2S. The molecule has 4 fully saturated rings. The average molecular weight is 696 g/mol. The van der Waals surface area contributed by atoms with Crippen LogP contribution in [0.2, 0.25) is 10.2 Å². The molecule has 7 rings (SSSR count). The number of carbonyl (C=O) groups excluding carboxylic acids is 2. The third-order valence-corrected chi connectivity index (χ3v) is 11.5. The molecule has 5 aliphatic rings. The zero-order valence-electron chi connectivity index (χ0n) is 25.6. The molecule has 246 valence electrons. The largest absolute Gasteiger partial charge is 0.340 e. The molecule has 2 aromatic rings. The number of nitrogens with one attached hydrogen (secondary N) is 2.